The van der Waals surface area contributed by atoms with Crippen molar-refractivity contribution in [1.82, 2.24) is 4.90 Å². The molecule has 3 atom stereocenters. The van der Waals surface area contributed by atoms with Crippen LogP contribution in [0.2, 0.25) is 0 Å². The summed E-state index contributed by atoms with van der Waals surface area (Å²) in [6.07, 6.45) is 3.40. The van der Waals surface area contributed by atoms with Gasteiger partial charge in [0.2, 0.25) is 0 Å². The second kappa shape index (κ2) is 6.36. The summed E-state index contributed by atoms with van der Waals surface area (Å²) in [7, 11) is 0. The highest BCUT2D eigenvalue weighted by Gasteiger charge is 2.46. The lowest BCUT2D eigenvalue weighted by Crippen LogP contribution is -2.36. The number of hydrogen-bond donors (Lipinski definition) is 1. The molecule has 2 aromatic rings. The zero-order valence-electron chi connectivity index (χ0n) is 14.0. The third kappa shape index (κ3) is 2.82. The maximum absolute atomic E-state index is 13.0. The number of carbonyl (C=O) groups is 2. The Bertz CT molecular complexity index is 785. The van der Waals surface area contributed by atoms with Crippen LogP contribution in [0.15, 0.2) is 54.6 Å². The van der Waals surface area contributed by atoms with Gasteiger partial charge in [0.05, 0.1) is 5.56 Å². The molecule has 2 aliphatic rings. The van der Waals surface area contributed by atoms with Gasteiger partial charge in [-0.3, -0.25) is 4.79 Å². The first-order valence-corrected chi connectivity index (χ1v) is 8.84. The van der Waals surface area contributed by atoms with Gasteiger partial charge in [-0.15, -0.1) is 0 Å². The lowest BCUT2D eigenvalue weighted by atomic mass is 9.87. The van der Waals surface area contributed by atoms with Gasteiger partial charge in [0.15, 0.2) is 0 Å². The zero-order chi connectivity index (χ0) is 17.4. The van der Waals surface area contributed by atoms with Gasteiger partial charge in [-0.2, -0.15) is 0 Å². The number of benzene rings is 2. The molecule has 4 heteroatoms. The fourth-order valence-corrected chi connectivity index (χ4v) is 4.52. The Balaban J connectivity index is 1.59. The standard InChI is InChI=1S/C21H21NO3/c23-20(15-9-11-16(12-10-15)21(24)25)22-13-18(14-5-2-1-3-6-14)17-7-4-8-19(17)22/h1-3,5-6,9-12,17-19H,4,7-8,13H2,(H,24,25). The number of aromatic carboxylic acids is 1. The van der Waals surface area contributed by atoms with Crippen molar-refractivity contribution < 1.29 is 14.7 Å². The molecule has 0 aromatic heterocycles. The van der Waals surface area contributed by atoms with E-state index in [0.717, 1.165) is 13.0 Å². The summed E-state index contributed by atoms with van der Waals surface area (Å²) in [5, 5.41) is 9.01. The Labute approximate surface area is 147 Å². The Kier molecular flexibility index (Phi) is 4.04. The number of likely N-dealkylation sites (tertiary alicyclic amines) is 1. The second-order valence-corrected chi connectivity index (χ2v) is 7.02. The maximum Gasteiger partial charge on any atom is 0.335 e. The van der Waals surface area contributed by atoms with Gasteiger partial charge in [0.1, 0.15) is 0 Å². The molecule has 0 spiro atoms. The smallest absolute Gasteiger partial charge is 0.335 e. The van der Waals surface area contributed by atoms with E-state index in [1.165, 1.54) is 30.5 Å². The van der Waals surface area contributed by atoms with Crippen molar-refractivity contribution in [1.29, 1.82) is 0 Å². The Morgan fingerprint density at radius 1 is 0.920 bits per heavy atom. The minimum absolute atomic E-state index is 0.0206. The van der Waals surface area contributed by atoms with Crippen molar-refractivity contribution >= 4 is 11.9 Å². The van der Waals surface area contributed by atoms with E-state index in [2.05, 4.69) is 24.3 Å². The maximum atomic E-state index is 13.0. The number of carboxylic acids is 1. The van der Waals surface area contributed by atoms with Gasteiger partial charge in [0, 0.05) is 24.1 Å². The Morgan fingerprint density at radius 3 is 2.28 bits per heavy atom. The topological polar surface area (TPSA) is 57.6 Å². The summed E-state index contributed by atoms with van der Waals surface area (Å²) in [5.41, 5.74) is 2.10. The molecule has 1 saturated heterocycles. The summed E-state index contributed by atoms with van der Waals surface area (Å²) in [4.78, 5) is 26.0. The third-order valence-corrected chi connectivity index (χ3v) is 5.71. The highest BCUT2D eigenvalue weighted by Crippen LogP contribution is 2.46. The van der Waals surface area contributed by atoms with Gasteiger partial charge in [-0.1, -0.05) is 36.8 Å². The molecule has 1 amide bonds. The van der Waals surface area contributed by atoms with Crippen LogP contribution in [0.5, 0.6) is 0 Å². The van der Waals surface area contributed by atoms with Crippen LogP contribution in [0.3, 0.4) is 0 Å². The lowest BCUT2D eigenvalue weighted by Gasteiger charge is -2.23. The predicted molar refractivity (Wildman–Crippen MR) is 94.7 cm³/mol. The molecule has 25 heavy (non-hydrogen) atoms. The molecule has 3 unspecified atom stereocenters. The fraction of sp³-hybridized carbons (Fsp3) is 0.333. The quantitative estimate of drug-likeness (QED) is 0.928. The number of hydrogen-bond acceptors (Lipinski definition) is 2. The Hall–Kier alpha value is -2.62. The molecular formula is C21H21NO3. The van der Waals surface area contributed by atoms with Crippen molar-refractivity contribution in [3.05, 3.63) is 71.3 Å². The molecule has 128 valence electrons. The van der Waals surface area contributed by atoms with Crippen LogP contribution < -0.4 is 0 Å². The summed E-state index contributed by atoms with van der Waals surface area (Å²) in [5.74, 6) is -0.0203. The number of carbonyl (C=O) groups excluding carboxylic acids is 1. The van der Waals surface area contributed by atoms with Gasteiger partial charge in [0.25, 0.3) is 5.91 Å². The van der Waals surface area contributed by atoms with Gasteiger partial charge < -0.3 is 10.0 Å². The number of amides is 1. The molecule has 1 N–H and O–H groups in total. The van der Waals surface area contributed by atoms with E-state index < -0.39 is 5.97 Å². The summed E-state index contributed by atoms with van der Waals surface area (Å²) in [6, 6.07) is 17.1. The van der Waals surface area contributed by atoms with Crippen LogP contribution in [-0.2, 0) is 0 Å². The lowest BCUT2D eigenvalue weighted by molar-refractivity contribution is 0.0691. The normalized spacial score (nSPS) is 25.0. The van der Waals surface area contributed by atoms with Crippen molar-refractivity contribution in [2.45, 2.75) is 31.2 Å². The summed E-state index contributed by atoms with van der Waals surface area (Å²) >= 11 is 0. The first-order chi connectivity index (χ1) is 12.1. The van der Waals surface area contributed by atoms with E-state index >= 15 is 0 Å². The fourth-order valence-electron chi connectivity index (χ4n) is 4.52. The van der Waals surface area contributed by atoms with Crippen LogP contribution in [0.25, 0.3) is 0 Å². The molecule has 1 aliphatic carbocycles. The molecule has 4 rings (SSSR count). The monoisotopic (exact) mass is 335 g/mol. The van der Waals surface area contributed by atoms with E-state index in [1.54, 1.807) is 12.1 Å². The van der Waals surface area contributed by atoms with Crippen molar-refractivity contribution in [2.75, 3.05) is 6.54 Å². The Morgan fingerprint density at radius 2 is 1.60 bits per heavy atom. The number of carboxylic acid groups (broad SMARTS) is 1. The van der Waals surface area contributed by atoms with Crippen molar-refractivity contribution in [3.8, 4) is 0 Å². The molecule has 4 nitrogen and oxygen atoms in total. The van der Waals surface area contributed by atoms with Crippen LogP contribution >= 0.6 is 0 Å². The number of nitrogens with zero attached hydrogens (tertiary/aromatic N) is 1. The van der Waals surface area contributed by atoms with Gasteiger partial charge in [-0.05, 0) is 48.6 Å². The average molecular weight is 335 g/mol. The first-order valence-electron chi connectivity index (χ1n) is 8.84. The minimum Gasteiger partial charge on any atom is -0.478 e. The molecule has 2 aromatic carbocycles. The third-order valence-electron chi connectivity index (χ3n) is 5.71. The van der Waals surface area contributed by atoms with E-state index in [9.17, 15) is 9.59 Å². The number of fused-ring (bicyclic) bond motifs is 1. The second-order valence-electron chi connectivity index (χ2n) is 7.02. The first kappa shape index (κ1) is 15.9. The zero-order valence-corrected chi connectivity index (χ0v) is 14.0. The van der Waals surface area contributed by atoms with Crippen molar-refractivity contribution in [3.63, 3.8) is 0 Å². The molecule has 1 heterocycles. The van der Waals surface area contributed by atoms with Crippen LogP contribution in [0.1, 0.15) is 51.5 Å². The average Bonchev–Trinajstić information content (AvgIpc) is 3.24. The largest absolute Gasteiger partial charge is 0.478 e. The minimum atomic E-state index is -0.972. The SMILES string of the molecule is O=C(O)c1ccc(C(=O)N2CC(c3ccccc3)C3CCCC32)cc1. The molecule has 0 bridgehead atoms. The molecule has 0 radical (unpaired) electrons. The molecule has 1 saturated carbocycles. The van der Waals surface area contributed by atoms with E-state index in [4.69, 9.17) is 5.11 Å². The van der Waals surface area contributed by atoms with Crippen LogP contribution in [0.4, 0.5) is 0 Å². The number of rotatable bonds is 3. The molecular weight excluding hydrogens is 314 g/mol. The molecule has 2 fully saturated rings. The van der Waals surface area contributed by atoms with E-state index in [1.807, 2.05) is 11.0 Å². The van der Waals surface area contributed by atoms with E-state index in [-0.39, 0.29) is 11.5 Å². The highest BCUT2D eigenvalue weighted by molar-refractivity contribution is 5.96. The van der Waals surface area contributed by atoms with Crippen LogP contribution in [-0.4, -0.2) is 34.5 Å². The predicted octanol–water partition coefficient (Wildman–Crippen LogP) is 3.79. The van der Waals surface area contributed by atoms with Gasteiger partial charge >= 0.3 is 5.97 Å². The van der Waals surface area contributed by atoms with Crippen LogP contribution in [0, 0.1) is 5.92 Å². The summed E-state index contributed by atoms with van der Waals surface area (Å²) < 4.78 is 0. The molecule has 1 aliphatic heterocycles. The highest BCUT2D eigenvalue weighted by atomic mass is 16.4. The van der Waals surface area contributed by atoms with Crippen molar-refractivity contribution in [2.24, 2.45) is 5.92 Å². The van der Waals surface area contributed by atoms with E-state index in [0.29, 0.717) is 23.4 Å². The summed E-state index contributed by atoms with van der Waals surface area (Å²) in [6.45, 7) is 0.749. The van der Waals surface area contributed by atoms with Gasteiger partial charge in [-0.25, -0.2) is 4.79 Å².